The topological polar surface area (TPSA) is 38.3 Å². The van der Waals surface area contributed by atoms with Gasteiger partial charge in [-0.05, 0) is 23.9 Å². The molecule has 0 spiro atoms. The molecule has 0 aliphatic rings. The number of hydrogen-bond donors (Lipinski definition) is 1. The highest BCUT2D eigenvalue weighted by molar-refractivity contribution is 6.00. The highest BCUT2D eigenvalue weighted by Crippen LogP contribution is 2.23. The first-order valence-corrected chi connectivity index (χ1v) is 7.72. The number of amides is 1. The number of carbonyl (C=O) groups is 1. The summed E-state index contributed by atoms with van der Waals surface area (Å²) in [4.78, 5) is 12.1. The molecule has 0 radical (unpaired) electrons. The lowest BCUT2D eigenvalue weighted by molar-refractivity contribution is 0.121. The van der Waals surface area contributed by atoms with Gasteiger partial charge in [0.1, 0.15) is 6.10 Å². The molecule has 3 aromatic rings. The zero-order valence-electron chi connectivity index (χ0n) is 13.0. The molecule has 3 rings (SSSR count). The van der Waals surface area contributed by atoms with E-state index >= 15 is 0 Å². The third-order valence-electron chi connectivity index (χ3n) is 3.70. The van der Waals surface area contributed by atoms with Crippen molar-refractivity contribution in [2.45, 2.75) is 19.4 Å². The van der Waals surface area contributed by atoms with E-state index in [-0.39, 0.29) is 6.10 Å². The van der Waals surface area contributed by atoms with Crippen LogP contribution < -0.4 is 5.32 Å². The molecule has 23 heavy (non-hydrogen) atoms. The maximum Gasteiger partial charge on any atom is 0.411 e. The number of ether oxygens (including phenoxy) is 1. The van der Waals surface area contributed by atoms with E-state index in [2.05, 4.69) is 5.32 Å². The van der Waals surface area contributed by atoms with Gasteiger partial charge in [-0.25, -0.2) is 4.79 Å². The highest BCUT2D eigenvalue weighted by Gasteiger charge is 2.11. The first-order valence-electron chi connectivity index (χ1n) is 7.72. The Bertz CT molecular complexity index is 794. The van der Waals surface area contributed by atoms with Crippen molar-refractivity contribution in [3.05, 3.63) is 78.4 Å². The summed E-state index contributed by atoms with van der Waals surface area (Å²) in [7, 11) is 0. The molecular formula is C20H19NO2. The van der Waals surface area contributed by atoms with Gasteiger partial charge < -0.3 is 4.74 Å². The van der Waals surface area contributed by atoms with Crippen molar-refractivity contribution in [1.29, 1.82) is 0 Å². The minimum atomic E-state index is -0.426. The SMILES string of the molecule is C[C@@H](Cc1ccccc1)OC(=O)Nc1cccc2ccccc12. The van der Waals surface area contributed by atoms with Gasteiger partial charge in [0, 0.05) is 11.8 Å². The van der Waals surface area contributed by atoms with E-state index < -0.39 is 6.09 Å². The molecular weight excluding hydrogens is 286 g/mol. The summed E-state index contributed by atoms with van der Waals surface area (Å²) in [6, 6.07) is 23.8. The van der Waals surface area contributed by atoms with Crippen molar-refractivity contribution < 1.29 is 9.53 Å². The van der Waals surface area contributed by atoms with Crippen molar-refractivity contribution in [3.8, 4) is 0 Å². The van der Waals surface area contributed by atoms with Crippen LogP contribution in [0.25, 0.3) is 10.8 Å². The molecule has 0 aliphatic heterocycles. The average molecular weight is 305 g/mol. The summed E-state index contributed by atoms with van der Waals surface area (Å²) >= 11 is 0. The van der Waals surface area contributed by atoms with Crippen LogP contribution in [0, 0.1) is 0 Å². The average Bonchev–Trinajstić information content (AvgIpc) is 2.56. The number of fused-ring (bicyclic) bond motifs is 1. The van der Waals surface area contributed by atoms with E-state index in [1.54, 1.807) is 0 Å². The van der Waals surface area contributed by atoms with Crippen LogP contribution in [-0.2, 0) is 11.2 Å². The van der Waals surface area contributed by atoms with E-state index in [1.807, 2.05) is 79.7 Å². The molecule has 3 aromatic carbocycles. The number of nitrogens with one attached hydrogen (secondary N) is 1. The molecule has 1 N–H and O–H groups in total. The zero-order valence-corrected chi connectivity index (χ0v) is 13.0. The Kier molecular flexibility index (Phi) is 4.57. The Morgan fingerprint density at radius 2 is 1.65 bits per heavy atom. The second kappa shape index (κ2) is 6.97. The Morgan fingerprint density at radius 1 is 0.957 bits per heavy atom. The molecule has 0 heterocycles. The van der Waals surface area contributed by atoms with Crippen molar-refractivity contribution in [3.63, 3.8) is 0 Å². The summed E-state index contributed by atoms with van der Waals surface area (Å²) in [5, 5.41) is 4.93. The van der Waals surface area contributed by atoms with Crippen LogP contribution >= 0.6 is 0 Å². The lowest BCUT2D eigenvalue weighted by atomic mass is 10.1. The second-order valence-electron chi connectivity index (χ2n) is 5.56. The Morgan fingerprint density at radius 3 is 2.48 bits per heavy atom. The van der Waals surface area contributed by atoms with Gasteiger partial charge >= 0.3 is 6.09 Å². The number of anilines is 1. The fourth-order valence-corrected chi connectivity index (χ4v) is 2.64. The molecule has 0 bridgehead atoms. The molecule has 0 aliphatic carbocycles. The van der Waals surface area contributed by atoms with Crippen LogP contribution in [0.5, 0.6) is 0 Å². The van der Waals surface area contributed by atoms with Crippen molar-refractivity contribution in [2.75, 3.05) is 5.32 Å². The van der Waals surface area contributed by atoms with Crippen molar-refractivity contribution in [2.24, 2.45) is 0 Å². The van der Waals surface area contributed by atoms with E-state index in [4.69, 9.17) is 4.74 Å². The minimum absolute atomic E-state index is 0.188. The van der Waals surface area contributed by atoms with Crippen LogP contribution in [0.3, 0.4) is 0 Å². The van der Waals surface area contributed by atoms with E-state index in [1.165, 1.54) is 0 Å². The van der Waals surface area contributed by atoms with Gasteiger partial charge in [-0.15, -0.1) is 0 Å². The molecule has 0 aromatic heterocycles. The smallest absolute Gasteiger partial charge is 0.411 e. The van der Waals surface area contributed by atoms with Crippen LogP contribution in [0.1, 0.15) is 12.5 Å². The van der Waals surface area contributed by atoms with E-state index in [0.717, 1.165) is 22.0 Å². The molecule has 3 heteroatoms. The summed E-state index contributed by atoms with van der Waals surface area (Å²) in [5.74, 6) is 0. The van der Waals surface area contributed by atoms with Gasteiger partial charge in [0.05, 0.1) is 5.69 Å². The van der Waals surface area contributed by atoms with Gasteiger partial charge in [0.2, 0.25) is 0 Å². The summed E-state index contributed by atoms with van der Waals surface area (Å²) in [6.07, 6.45) is 0.0845. The number of carbonyl (C=O) groups excluding carboxylic acids is 1. The molecule has 0 saturated carbocycles. The number of rotatable bonds is 4. The summed E-state index contributed by atoms with van der Waals surface area (Å²) < 4.78 is 5.46. The first-order chi connectivity index (χ1) is 11.2. The fourth-order valence-electron chi connectivity index (χ4n) is 2.64. The van der Waals surface area contributed by atoms with Crippen LogP contribution in [-0.4, -0.2) is 12.2 Å². The third kappa shape index (κ3) is 3.89. The van der Waals surface area contributed by atoms with Gasteiger partial charge in [0.25, 0.3) is 0 Å². The van der Waals surface area contributed by atoms with Crippen molar-refractivity contribution >= 4 is 22.6 Å². The molecule has 0 unspecified atom stereocenters. The standard InChI is InChI=1S/C20H19NO2/c1-15(14-16-8-3-2-4-9-16)23-20(22)21-19-13-7-11-17-10-5-6-12-18(17)19/h2-13,15H,14H2,1H3,(H,21,22)/t15-/m0/s1. The zero-order chi connectivity index (χ0) is 16.1. The van der Waals surface area contributed by atoms with Crippen LogP contribution in [0.2, 0.25) is 0 Å². The Balaban J connectivity index is 1.64. The third-order valence-corrected chi connectivity index (χ3v) is 3.70. The predicted molar refractivity (Wildman–Crippen MR) is 93.7 cm³/mol. The summed E-state index contributed by atoms with van der Waals surface area (Å²) in [5.41, 5.74) is 1.91. The van der Waals surface area contributed by atoms with Gasteiger partial charge in [-0.3, -0.25) is 5.32 Å². The van der Waals surface area contributed by atoms with E-state index in [0.29, 0.717) is 6.42 Å². The molecule has 1 amide bonds. The Hall–Kier alpha value is -2.81. The van der Waals surface area contributed by atoms with E-state index in [9.17, 15) is 4.79 Å². The monoisotopic (exact) mass is 305 g/mol. The maximum atomic E-state index is 12.1. The van der Waals surface area contributed by atoms with Crippen molar-refractivity contribution in [1.82, 2.24) is 0 Å². The molecule has 0 fully saturated rings. The van der Waals surface area contributed by atoms with Gasteiger partial charge in [-0.2, -0.15) is 0 Å². The lowest BCUT2D eigenvalue weighted by Crippen LogP contribution is -2.22. The Labute approximate surface area is 135 Å². The molecule has 0 saturated heterocycles. The largest absolute Gasteiger partial charge is 0.446 e. The highest BCUT2D eigenvalue weighted by atomic mass is 16.6. The first kappa shape index (κ1) is 15.1. The maximum absolute atomic E-state index is 12.1. The van der Waals surface area contributed by atoms with Gasteiger partial charge in [0.15, 0.2) is 0 Å². The number of benzene rings is 3. The predicted octanol–water partition coefficient (Wildman–Crippen LogP) is 5.02. The molecule has 3 nitrogen and oxygen atoms in total. The molecule has 116 valence electrons. The van der Waals surface area contributed by atoms with Crippen LogP contribution in [0.4, 0.5) is 10.5 Å². The van der Waals surface area contributed by atoms with Crippen LogP contribution in [0.15, 0.2) is 72.8 Å². The molecule has 1 atom stereocenters. The summed E-state index contributed by atoms with van der Waals surface area (Å²) in [6.45, 7) is 1.90. The second-order valence-corrected chi connectivity index (χ2v) is 5.56. The fraction of sp³-hybridized carbons (Fsp3) is 0.150. The van der Waals surface area contributed by atoms with Gasteiger partial charge in [-0.1, -0.05) is 66.7 Å². The normalized spacial score (nSPS) is 11.9. The minimum Gasteiger partial charge on any atom is -0.446 e. The number of hydrogen-bond acceptors (Lipinski definition) is 2. The lowest BCUT2D eigenvalue weighted by Gasteiger charge is -2.15. The quantitative estimate of drug-likeness (QED) is 0.735.